The van der Waals surface area contributed by atoms with Crippen LogP contribution >= 0.6 is 47.5 Å². The van der Waals surface area contributed by atoms with Gasteiger partial charge in [0.05, 0.1) is 6.04 Å². The summed E-state index contributed by atoms with van der Waals surface area (Å²) in [6.45, 7) is 0. The van der Waals surface area contributed by atoms with Gasteiger partial charge in [-0.05, 0) is 144 Å². The Hall–Kier alpha value is -7.06. The van der Waals surface area contributed by atoms with E-state index in [2.05, 4.69) is 64.5 Å². The third-order valence-electron chi connectivity index (χ3n) is 11.2. The first-order valence-electron chi connectivity index (χ1n) is 23.3. The number of hydrogen-bond acceptors (Lipinski definition) is 7. The van der Waals surface area contributed by atoms with Gasteiger partial charge in [0.25, 0.3) is 11.1 Å². The van der Waals surface area contributed by atoms with Gasteiger partial charge in [-0.1, -0.05) is 121 Å². The summed E-state index contributed by atoms with van der Waals surface area (Å²) in [7, 11) is 3.42. The quantitative estimate of drug-likeness (QED) is 0.0580. The molecule has 0 unspecified atom stereocenters. The van der Waals surface area contributed by atoms with Crippen molar-refractivity contribution in [2.45, 2.75) is 46.2 Å². The van der Waals surface area contributed by atoms with Crippen LogP contribution in [0, 0.1) is 11.6 Å². The van der Waals surface area contributed by atoms with Gasteiger partial charge in [0, 0.05) is 57.3 Å². The molecular formula is C60H56Cl2F2N4O4S2. The first-order valence-corrected chi connectivity index (χ1v) is 25.7. The average Bonchev–Trinajstić information content (AvgIpc) is 3.42. The number of likely N-dealkylation sites (N-methyl/N-ethyl adjacent to an activating group) is 2. The predicted octanol–water partition coefficient (Wildman–Crippen LogP) is 13.8. The second-order valence-electron chi connectivity index (χ2n) is 16.5. The highest BCUT2D eigenvalue weighted by molar-refractivity contribution is 7.98. The van der Waals surface area contributed by atoms with E-state index in [0.29, 0.717) is 29.7 Å². The Morgan fingerprint density at radius 2 is 0.851 bits per heavy atom. The van der Waals surface area contributed by atoms with Crippen LogP contribution in [0.5, 0.6) is 0 Å². The molecule has 0 aliphatic heterocycles. The van der Waals surface area contributed by atoms with Crippen LogP contribution in [0.25, 0.3) is 0 Å². The molecule has 3 amide bonds. The lowest BCUT2D eigenvalue weighted by Gasteiger charge is -2.28. The maximum absolute atomic E-state index is 13.4. The van der Waals surface area contributed by atoms with Crippen molar-refractivity contribution in [2.24, 2.45) is 0 Å². The van der Waals surface area contributed by atoms with E-state index in [1.165, 1.54) is 69.5 Å². The number of carbonyl (C=O) groups excluding carboxylic acids is 4. The molecular weight excluding hydrogens is 1010 g/mol. The number of rotatable bonds is 18. The zero-order valence-electron chi connectivity index (χ0n) is 40.7. The number of anilines is 2. The molecule has 380 valence electrons. The number of benzene rings is 8. The summed E-state index contributed by atoms with van der Waals surface area (Å²) >= 11 is 8.61. The molecule has 14 heteroatoms. The van der Waals surface area contributed by atoms with Gasteiger partial charge in [0.2, 0.25) is 11.8 Å². The van der Waals surface area contributed by atoms with Crippen molar-refractivity contribution in [2.75, 3.05) is 24.7 Å². The van der Waals surface area contributed by atoms with E-state index < -0.39 is 17.1 Å². The van der Waals surface area contributed by atoms with Crippen molar-refractivity contribution in [1.82, 2.24) is 10.2 Å². The lowest BCUT2D eigenvalue weighted by atomic mass is 10.0. The summed E-state index contributed by atoms with van der Waals surface area (Å²) in [4.78, 5) is 53.1. The highest BCUT2D eigenvalue weighted by Gasteiger charge is 2.28. The van der Waals surface area contributed by atoms with Crippen LogP contribution in [-0.2, 0) is 33.9 Å². The lowest BCUT2D eigenvalue weighted by molar-refractivity contribution is -0.120. The van der Waals surface area contributed by atoms with Crippen molar-refractivity contribution in [1.29, 1.82) is 0 Å². The monoisotopic (exact) mass is 1070 g/mol. The van der Waals surface area contributed by atoms with Gasteiger partial charge in [0.15, 0.2) is 0 Å². The predicted molar refractivity (Wildman–Crippen MR) is 301 cm³/mol. The molecule has 0 bridgehead atoms. The van der Waals surface area contributed by atoms with Crippen LogP contribution in [0.4, 0.5) is 20.2 Å². The lowest BCUT2D eigenvalue weighted by Crippen LogP contribution is -2.46. The largest absolute Gasteiger partial charge is 0.329 e. The van der Waals surface area contributed by atoms with Crippen molar-refractivity contribution in [3.8, 4) is 0 Å². The zero-order valence-corrected chi connectivity index (χ0v) is 43.9. The van der Waals surface area contributed by atoms with Crippen molar-refractivity contribution in [3.63, 3.8) is 0 Å². The molecule has 0 fully saturated rings. The van der Waals surface area contributed by atoms with Gasteiger partial charge in [-0.2, -0.15) is 0 Å². The molecule has 3 N–H and O–H groups in total. The van der Waals surface area contributed by atoms with E-state index in [4.69, 9.17) is 11.6 Å². The van der Waals surface area contributed by atoms with Crippen LogP contribution < -0.4 is 16.0 Å². The van der Waals surface area contributed by atoms with Gasteiger partial charge < -0.3 is 20.9 Å². The number of carbonyl (C=O) groups is 4. The van der Waals surface area contributed by atoms with Gasteiger partial charge in [-0.15, -0.1) is 35.9 Å². The topological polar surface area (TPSA) is 108 Å². The molecule has 74 heavy (non-hydrogen) atoms. The Morgan fingerprint density at radius 3 is 1.24 bits per heavy atom. The second kappa shape index (κ2) is 30.9. The fourth-order valence-corrected chi connectivity index (χ4v) is 8.98. The molecule has 0 heterocycles. The Morgan fingerprint density at radius 1 is 0.486 bits per heavy atom. The van der Waals surface area contributed by atoms with Gasteiger partial charge >= 0.3 is 0 Å². The first kappa shape index (κ1) is 57.8. The Bertz CT molecular complexity index is 2950. The molecule has 0 aliphatic carbocycles. The molecule has 8 nitrogen and oxygen atoms in total. The summed E-state index contributed by atoms with van der Waals surface area (Å²) < 4.78 is 25.5. The molecule has 0 saturated heterocycles. The van der Waals surface area contributed by atoms with Crippen molar-refractivity contribution >= 4 is 81.9 Å². The highest BCUT2D eigenvalue weighted by atomic mass is 35.5. The molecule has 8 aromatic carbocycles. The van der Waals surface area contributed by atoms with Gasteiger partial charge in [-0.3, -0.25) is 19.2 Å². The van der Waals surface area contributed by atoms with E-state index in [1.807, 2.05) is 128 Å². The van der Waals surface area contributed by atoms with E-state index in [9.17, 15) is 28.0 Å². The molecule has 2 atom stereocenters. The summed E-state index contributed by atoms with van der Waals surface area (Å²) in [6, 6.07) is 65.3. The Labute approximate surface area is 451 Å². The minimum Gasteiger partial charge on any atom is -0.329 e. The number of thioether (sulfide) groups is 2. The van der Waals surface area contributed by atoms with Crippen LogP contribution in [0.2, 0.25) is 0 Å². The van der Waals surface area contributed by atoms with E-state index >= 15 is 0 Å². The smallest absolute Gasteiger partial charge is 0.254 e. The molecule has 8 rings (SSSR count). The summed E-state index contributed by atoms with van der Waals surface area (Å²) in [5, 5.41) is 8.50. The van der Waals surface area contributed by atoms with E-state index in [1.54, 1.807) is 30.6 Å². The molecule has 0 aromatic heterocycles. The van der Waals surface area contributed by atoms with Crippen molar-refractivity contribution < 1.29 is 28.0 Å². The normalized spacial score (nSPS) is 11.1. The SMILES string of the molecule is CN(C(=O)c1ccc(F)cc1)[C@@H](Cc1ccccc1)C(=O)Nc1ccc(SCc2ccccc2)cc1.CN[C@@H](Cc1ccccc1)C(=O)Nc1ccc(SCc2ccccc2)cc1.Cl.O=C(Cl)c1ccc(F)cc1. The fraction of sp³-hybridized carbons (Fsp3) is 0.133. The van der Waals surface area contributed by atoms with Crippen LogP contribution in [0.15, 0.2) is 228 Å². The first-order chi connectivity index (χ1) is 35.4. The number of nitrogens with one attached hydrogen (secondary N) is 3. The Kier molecular flexibility index (Phi) is 24.1. The third-order valence-corrected chi connectivity index (χ3v) is 13.6. The molecule has 0 spiro atoms. The van der Waals surface area contributed by atoms with Crippen LogP contribution in [0.1, 0.15) is 43.0 Å². The second-order valence-corrected chi connectivity index (χ2v) is 19.0. The zero-order chi connectivity index (χ0) is 51.8. The minimum atomic E-state index is -0.753. The summed E-state index contributed by atoms with van der Waals surface area (Å²) in [5.41, 5.74) is 6.73. The van der Waals surface area contributed by atoms with Crippen LogP contribution in [0.3, 0.4) is 0 Å². The van der Waals surface area contributed by atoms with E-state index in [0.717, 1.165) is 33.2 Å². The molecule has 0 aliphatic rings. The highest BCUT2D eigenvalue weighted by Crippen LogP contribution is 2.26. The molecule has 0 saturated carbocycles. The average molecular weight is 1070 g/mol. The van der Waals surface area contributed by atoms with Gasteiger partial charge in [0.1, 0.15) is 17.7 Å². The Balaban J connectivity index is 0.000000234. The number of nitrogens with zero attached hydrogens (tertiary/aromatic N) is 1. The standard InChI is InChI=1S/C30H27FN2O2S.C23H24N2OS.C7H4ClFO.ClH/c1-33(30(35)24-12-14-25(31)15-13-24)28(20-22-8-4-2-5-9-22)29(34)32-26-16-18-27(19-17-26)36-21-23-10-6-3-7-11-23;1-24-22(16-18-8-4-2-5-9-18)23(26)25-20-12-14-21(15-13-20)27-17-19-10-6-3-7-11-19;8-7(10)5-1-3-6(9)4-2-5;/h2-19,28H,20-21H2,1H3,(H,32,34);2-15,22,24H,16-17H2,1H3,(H,25,26);1-4H;1H/t28-;22-;;/m00../s1. The summed E-state index contributed by atoms with van der Waals surface area (Å²) in [5.74, 6) is 0.346. The van der Waals surface area contributed by atoms with E-state index in [-0.39, 0.29) is 42.0 Å². The maximum Gasteiger partial charge on any atom is 0.254 e. The van der Waals surface area contributed by atoms with Crippen LogP contribution in [-0.4, -0.2) is 54.0 Å². The summed E-state index contributed by atoms with van der Waals surface area (Å²) in [6.07, 6.45) is 1.01. The number of halogens is 4. The fourth-order valence-electron chi connectivity index (χ4n) is 7.14. The minimum absolute atomic E-state index is 0. The third kappa shape index (κ3) is 19.4. The molecule has 8 aromatic rings. The number of hydrogen-bond donors (Lipinski definition) is 3. The van der Waals surface area contributed by atoms with Crippen molar-refractivity contribution in [3.05, 3.63) is 263 Å². The maximum atomic E-state index is 13.4. The molecule has 0 radical (unpaired) electrons. The number of amides is 3. The van der Waals surface area contributed by atoms with Gasteiger partial charge in [-0.25, -0.2) is 8.78 Å².